The van der Waals surface area contributed by atoms with E-state index in [2.05, 4.69) is 5.10 Å². The first kappa shape index (κ1) is 17.0. The molecular formula is C18H21N3O4. The molecule has 2 N–H and O–H groups in total. The van der Waals surface area contributed by atoms with Crippen LogP contribution in [0.5, 0.6) is 5.75 Å². The summed E-state index contributed by atoms with van der Waals surface area (Å²) in [6, 6.07) is 8.62. The number of carbonyl (C=O) groups excluding carboxylic acids is 1. The SMILES string of the molecule is O=C(O)CCc1cc2n(n1)CCCN(C(=O)Cc1cccc(O)c1)C2. The minimum Gasteiger partial charge on any atom is -0.508 e. The number of nitrogens with zero attached hydrogens (tertiary/aromatic N) is 3. The van der Waals surface area contributed by atoms with E-state index < -0.39 is 5.97 Å². The molecule has 0 atom stereocenters. The average molecular weight is 343 g/mol. The van der Waals surface area contributed by atoms with Crippen molar-refractivity contribution in [2.75, 3.05) is 6.54 Å². The minimum atomic E-state index is -0.842. The Morgan fingerprint density at radius 1 is 1.20 bits per heavy atom. The number of phenols is 1. The second-order valence-corrected chi connectivity index (χ2v) is 6.26. The number of phenolic OH excluding ortho intramolecular Hbond substituents is 1. The molecule has 7 nitrogen and oxygen atoms in total. The first-order chi connectivity index (χ1) is 12.0. The summed E-state index contributed by atoms with van der Waals surface area (Å²) in [4.78, 5) is 25.1. The van der Waals surface area contributed by atoms with E-state index in [1.54, 1.807) is 23.1 Å². The Hall–Kier alpha value is -2.83. The Balaban J connectivity index is 1.68. The number of aliphatic carboxylic acids is 1. The van der Waals surface area contributed by atoms with E-state index in [1.165, 1.54) is 0 Å². The van der Waals surface area contributed by atoms with Crippen molar-refractivity contribution in [3.8, 4) is 5.75 Å². The van der Waals surface area contributed by atoms with Crippen LogP contribution in [0.25, 0.3) is 0 Å². The number of carbonyl (C=O) groups is 2. The van der Waals surface area contributed by atoms with E-state index in [4.69, 9.17) is 5.11 Å². The number of rotatable bonds is 5. The van der Waals surface area contributed by atoms with Crippen molar-refractivity contribution >= 4 is 11.9 Å². The van der Waals surface area contributed by atoms with Gasteiger partial charge < -0.3 is 15.1 Å². The average Bonchev–Trinajstić information content (AvgIpc) is 2.83. The van der Waals surface area contributed by atoms with Crippen LogP contribution < -0.4 is 0 Å². The molecule has 0 aliphatic carbocycles. The topological polar surface area (TPSA) is 95.7 Å². The summed E-state index contributed by atoms with van der Waals surface area (Å²) < 4.78 is 1.87. The number of hydrogen-bond donors (Lipinski definition) is 2. The van der Waals surface area contributed by atoms with Crippen molar-refractivity contribution in [2.24, 2.45) is 0 Å². The monoisotopic (exact) mass is 343 g/mol. The Kier molecular flexibility index (Phi) is 5.02. The molecule has 1 aliphatic heterocycles. The number of aryl methyl sites for hydroxylation is 2. The summed E-state index contributed by atoms with van der Waals surface area (Å²) >= 11 is 0. The smallest absolute Gasteiger partial charge is 0.303 e. The molecule has 132 valence electrons. The largest absolute Gasteiger partial charge is 0.508 e. The van der Waals surface area contributed by atoms with Gasteiger partial charge in [0.25, 0.3) is 0 Å². The van der Waals surface area contributed by atoms with E-state index in [0.717, 1.165) is 29.9 Å². The standard InChI is InChI=1S/C18H21N3O4/c22-16-4-1-3-13(9-16)10-17(23)20-7-2-8-21-15(12-20)11-14(19-21)5-6-18(24)25/h1,3-4,9,11,22H,2,5-8,10,12H2,(H,24,25). The first-order valence-electron chi connectivity index (χ1n) is 8.34. The predicted octanol–water partition coefficient (Wildman–Crippen LogP) is 1.58. The van der Waals surface area contributed by atoms with Crippen LogP contribution in [0.15, 0.2) is 30.3 Å². The number of hydrogen-bond acceptors (Lipinski definition) is 4. The third-order valence-corrected chi connectivity index (χ3v) is 4.28. The second-order valence-electron chi connectivity index (χ2n) is 6.26. The zero-order chi connectivity index (χ0) is 17.8. The first-order valence-corrected chi connectivity index (χ1v) is 8.34. The quantitative estimate of drug-likeness (QED) is 0.859. The second kappa shape index (κ2) is 7.38. The number of amides is 1. The Bertz CT molecular complexity index is 784. The van der Waals surface area contributed by atoms with Crippen molar-refractivity contribution in [2.45, 2.75) is 38.8 Å². The number of fused-ring (bicyclic) bond motifs is 1. The molecule has 0 saturated carbocycles. The molecule has 1 amide bonds. The molecule has 7 heteroatoms. The molecule has 1 aliphatic rings. The van der Waals surface area contributed by atoms with Gasteiger partial charge in [0.15, 0.2) is 0 Å². The number of carboxylic acids is 1. The van der Waals surface area contributed by atoms with Crippen molar-refractivity contribution in [3.05, 3.63) is 47.3 Å². The van der Waals surface area contributed by atoms with Crippen molar-refractivity contribution in [1.29, 1.82) is 0 Å². The number of carboxylic acid groups (broad SMARTS) is 1. The highest BCUT2D eigenvalue weighted by Gasteiger charge is 2.21. The highest BCUT2D eigenvalue weighted by Crippen LogP contribution is 2.17. The maximum Gasteiger partial charge on any atom is 0.303 e. The van der Waals surface area contributed by atoms with Gasteiger partial charge in [0.1, 0.15) is 5.75 Å². The number of aromatic hydroxyl groups is 1. The molecule has 1 aromatic carbocycles. The fourth-order valence-corrected chi connectivity index (χ4v) is 3.04. The molecule has 0 bridgehead atoms. The predicted molar refractivity (Wildman–Crippen MR) is 90.0 cm³/mol. The Morgan fingerprint density at radius 3 is 2.80 bits per heavy atom. The lowest BCUT2D eigenvalue weighted by molar-refractivity contribution is -0.137. The van der Waals surface area contributed by atoms with Crippen LogP contribution in [0.1, 0.15) is 29.8 Å². The fraction of sp³-hybridized carbons (Fsp3) is 0.389. The van der Waals surface area contributed by atoms with Gasteiger partial charge in [0.2, 0.25) is 5.91 Å². The molecule has 2 aromatic rings. The summed E-state index contributed by atoms with van der Waals surface area (Å²) in [7, 11) is 0. The molecule has 2 heterocycles. The van der Waals surface area contributed by atoms with E-state index >= 15 is 0 Å². The fourth-order valence-electron chi connectivity index (χ4n) is 3.04. The summed E-state index contributed by atoms with van der Waals surface area (Å²) in [6.45, 7) is 1.85. The maximum atomic E-state index is 12.6. The van der Waals surface area contributed by atoms with Gasteiger partial charge in [-0.15, -0.1) is 0 Å². The van der Waals surface area contributed by atoms with Gasteiger partial charge in [0, 0.05) is 19.5 Å². The van der Waals surface area contributed by atoms with Crippen molar-refractivity contribution in [1.82, 2.24) is 14.7 Å². The van der Waals surface area contributed by atoms with E-state index in [9.17, 15) is 14.7 Å². The molecule has 1 aromatic heterocycles. The van der Waals surface area contributed by atoms with E-state index in [1.807, 2.05) is 16.8 Å². The van der Waals surface area contributed by atoms with Crippen LogP contribution in [0.2, 0.25) is 0 Å². The summed E-state index contributed by atoms with van der Waals surface area (Å²) in [5.41, 5.74) is 2.46. The molecule has 0 unspecified atom stereocenters. The molecule has 3 rings (SSSR count). The van der Waals surface area contributed by atoms with Gasteiger partial charge in [-0.25, -0.2) is 0 Å². The number of aromatic nitrogens is 2. The molecular weight excluding hydrogens is 322 g/mol. The van der Waals surface area contributed by atoms with Gasteiger partial charge in [0.05, 0.1) is 30.8 Å². The summed E-state index contributed by atoms with van der Waals surface area (Å²) in [5, 5.41) is 22.8. The van der Waals surface area contributed by atoms with Gasteiger partial charge in [-0.2, -0.15) is 5.10 Å². The van der Waals surface area contributed by atoms with Gasteiger partial charge in [-0.05, 0) is 30.2 Å². The number of benzene rings is 1. The van der Waals surface area contributed by atoms with Crippen LogP contribution >= 0.6 is 0 Å². The molecule has 0 fully saturated rings. The van der Waals surface area contributed by atoms with Crippen molar-refractivity contribution < 1.29 is 19.8 Å². The van der Waals surface area contributed by atoms with E-state index in [0.29, 0.717) is 19.5 Å². The molecule has 0 radical (unpaired) electrons. The zero-order valence-corrected chi connectivity index (χ0v) is 13.9. The Morgan fingerprint density at radius 2 is 2.04 bits per heavy atom. The highest BCUT2D eigenvalue weighted by molar-refractivity contribution is 5.79. The summed E-state index contributed by atoms with van der Waals surface area (Å²) in [6.07, 6.45) is 1.50. The maximum absolute atomic E-state index is 12.6. The minimum absolute atomic E-state index is 0.00679. The van der Waals surface area contributed by atoms with Crippen LogP contribution in [0.3, 0.4) is 0 Å². The Labute approximate surface area is 145 Å². The van der Waals surface area contributed by atoms with E-state index in [-0.39, 0.29) is 24.5 Å². The normalized spacial score (nSPS) is 14.0. The van der Waals surface area contributed by atoms with Gasteiger partial charge in [-0.1, -0.05) is 12.1 Å². The third-order valence-electron chi connectivity index (χ3n) is 4.28. The van der Waals surface area contributed by atoms with Crippen LogP contribution in [-0.4, -0.2) is 43.3 Å². The molecule has 0 saturated heterocycles. The van der Waals surface area contributed by atoms with Crippen molar-refractivity contribution in [3.63, 3.8) is 0 Å². The van der Waals surface area contributed by atoms with Gasteiger partial charge in [-0.3, -0.25) is 14.3 Å². The van der Waals surface area contributed by atoms with Crippen LogP contribution in [0, 0.1) is 0 Å². The highest BCUT2D eigenvalue weighted by atomic mass is 16.4. The lowest BCUT2D eigenvalue weighted by atomic mass is 10.1. The molecule has 25 heavy (non-hydrogen) atoms. The third kappa shape index (κ3) is 4.37. The van der Waals surface area contributed by atoms with Crippen LogP contribution in [0.4, 0.5) is 0 Å². The van der Waals surface area contributed by atoms with Gasteiger partial charge >= 0.3 is 5.97 Å². The summed E-state index contributed by atoms with van der Waals surface area (Å²) in [5.74, 6) is -0.680. The molecule has 0 spiro atoms. The zero-order valence-electron chi connectivity index (χ0n) is 13.9. The van der Waals surface area contributed by atoms with Crippen LogP contribution in [-0.2, 0) is 35.5 Å². The lowest BCUT2D eigenvalue weighted by Crippen LogP contribution is -2.32. The lowest BCUT2D eigenvalue weighted by Gasteiger charge is -2.20.